The van der Waals surface area contributed by atoms with Crippen molar-refractivity contribution in [3.8, 4) is 0 Å². The molecule has 0 unspecified atom stereocenters. The van der Waals surface area contributed by atoms with Gasteiger partial charge in [0, 0.05) is 10.3 Å². The van der Waals surface area contributed by atoms with Gasteiger partial charge in [0.2, 0.25) is 0 Å². The smallest absolute Gasteiger partial charge is 0.0205 e. The van der Waals surface area contributed by atoms with Crippen LogP contribution >= 0.6 is 22.5 Å². The molecule has 3 heteroatoms. The fourth-order valence-electron chi connectivity index (χ4n) is 1.18. The first-order chi connectivity index (χ1) is 6.27. The van der Waals surface area contributed by atoms with Crippen LogP contribution in [0.5, 0.6) is 0 Å². The third kappa shape index (κ3) is 9.22. The molecule has 0 saturated carbocycles. The van der Waals surface area contributed by atoms with E-state index in [9.17, 15) is 0 Å². The van der Waals surface area contributed by atoms with E-state index in [2.05, 4.69) is 51.6 Å². The third-order valence-electron chi connectivity index (χ3n) is 2.11. The maximum atomic E-state index is 4.27. The lowest BCUT2D eigenvalue weighted by Crippen LogP contribution is -2.36. The van der Waals surface area contributed by atoms with Gasteiger partial charge in [-0.05, 0) is 54.0 Å². The topological polar surface area (TPSA) is 12.0 Å². The molecule has 0 atom stereocenters. The number of nitrogens with one attached hydrogen (secondary N) is 1. The van der Waals surface area contributed by atoms with Crippen molar-refractivity contribution in [3.63, 3.8) is 0 Å². The van der Waals surface area contributed by atoms with Crippen LogP contribution in [-0.4, -0.2) is 16.8 Å². The Morgan fingerprint density at radius 1 is 1.07 bits per heavy atom. The van der Waals surface area contributed by atoms with Gasteiger partial charge in [-0.25, -0.2) is 0 Å². The highest BCUT2D eigenvalue weighted by atomic mass is 33.1. The monoisotopic (exact) mass is 235 g/mol. The molecule has 1 N–H and O–H groups in total. The van der Waals surface area contributed by atoms with Gasteiger partial charge in [-0.15, -0.1) is 11.7 Å². The van der Waals surface area contributed by atoms with Crippen molar-refractivity contribution in [3.05, 3.63) is 0 Å². The zero-order valence-corrected chi connectivity index (χ0v) is 11.9. The lowest BCUT2D eigenvalue weighted by Gasteiger charge is -2.22. The second-order valence-electron chi connectivity index (χ2n) is 5.48. The summed E-state index contributed by atoms with van der Waals surface area (Å²) in [5.74, 6) is 0. The number of hydrogen-bond donors (Lipinski definition) is 2. The maximum absolute atomic E-state index is 4.27. The molecule has 0 bridgehead atoms. The second-order valence-corrected chi connectivity index (χ2v) is 7.32. The number of hydrogen-bond acceptors (Lipinski definition) is 3. The molecule has 0 amide bonds. The van der Waals surface area contributed by atoms with Gasteiger partial charge in [0.15, 0.2) is 0 Å². The predicted octanol–water partition coefficient (Wildman–Crippen LogP) is 3.90. The second kappa shape index (κ2) is 6.29. The van der Waals surface area contributed by atoms with Crippen LogP contribution < -0.4 is 5.32 Å². The van der Waals surface area contributed by atoms with E-state index < -0.39 is 0 Å². The molecule has 0 aliphatic carbocycles. The summed E-state index contributed by atoms with van der Waals surface area (Å²) >= 11 is 4.27. The largest absolute Gasteiger partial charge is 0.312 e. The molecule has 0 aromatic heterocycles. The van der Waals surface area contributed by atoms with Crippen molar-refractivity contribution < 1.29 is 0 Å². The Balaban J connectivity index is 3.39. The zero-order chi connectivity index (χ0) is 11.2. The molecule has 0 fully saturated rings. The van der Waals surface area contributed by atoms with Crippen LogP contribution in [0.4, 0.5) is 0 Å². The number of thiol groups is 1. The molecule has 14 heavy (non-hydrogen) atoms. The van der Waals surface area contributed by atoms with Crippen molar-refractivity contribution in [2.24, 2.45) is 0 Å². The van der Waals surface area contributed by atoms with E-state index >= 15 is 0 Å². The normalized spacial score (nSPS) is 13.3. The average molecular weight is 235 g/mol. The molecule has 0 rings (SSSR count). The van der Waals surface area contributed by atoms with E-state index in [1.165, 1.54) is 19.3 Å². The first-order valence-electron chi connectivity index (χ1n) is 5.34. The molecule has 86 valence electrons. The summed E-state index contributed by atoms with van der Waals surface area (Å²) in [4.78, 5) is 0. The standard InChI is InChI=1S/C11H25NS2/c1-10(2,3)12-9-7-6-8-11(4,5)14-13/h12-13H,6-9H2,1-5H3. The minimum atomic E-state index is 0.258. The summed E-state index contributed by atoms with van der Waals surface area (Å²) in [5, 5.41) is 3.50. The summed E-state index contributed by atoms with van der Waals surface area (Å²) in [7, 11) is 1.66. The van der Waals surface area contributed by atoms with Gasteiger partial charge in [-0.2, -0.15) is 0 Å². The highest BCUT2D eigenvalue weighted by Crippen LogP contribution is 2.32. The van der Waals surface area contributed by atoms with Crippen molar-refractivity contribution in [1.29, 1.82) is 0 Å². The molecule has 0 aromatic rings. The van der Waals surface area contributed by atoms with Gasteiger partial charge in [0.25, 0.3) is 0 Å². The Morgan fingerprint density at radius 2 is 1.64 bits per heavy atom. The maximum Gasteiger partial charge on any atom is 0.0205 e. The van der Waals surface area contributed by atoms with E-state index in [0.29, 0.717) is 4.75 Å². The fourth-order valence-corrected chi connectivity index (χ4v) is 1.69. The molecule has 0 aliphatic rings. The van der Waals surface area contributed by atoms with Crippen LogP contribution in [0.15, 0.2) is 0 Å². The van der Waals surface area contributed by atoms with E-state index in [0.717, 1.165) is 6.54 Å². The molecule has 0 heterocycles. The highest BCUT2D eigenvalue weighted by Gasteiger charge is 2.15. The van der Waals surface area contributed by atoms with Crippen LogP contribution in [-0.2, 0) is 0 Å². The van der Waals surface area contributed by atoms with Gasteiger partial charge in [-0.3, -0.25) is 0 Å². The summed E-state index contributed by atoms with van der Waals surface area (Å²) in [6.07, 6.45) is 3.78. The van der Waals surface area contributed by atoms with E-state index in [4.69, 9.17) is 0 Å². The summed E-state index contributed by atoms with van der Waals surface area (Å²) < 4.78 is 0.324. The Hall–Kier alpha value is 0.660. The van der Waals surface area contributed by atoms with Gasteiger partial charge in [0.1, 0.15) is 0 Å². The molecule has 0 aromatic carbocycles. The lowest BCUT2D eigenvalue weighted by atomic mass is 10.0. The number of unbranched alkanes of at least 4 members (excludes halogenated alkanes) is 1. The molecule has 1 nitrogen and oxygen atoms in total. The quantitative estimate of drug-likeness (QED) is 0.411. The fraction of sp³-hybridized carbons (Fsp3) is 1.00. The Bertz CT molecular complexity index is 150. The molecular formula is C11H25NS2. The Morgan fingerprint density at radius 3 is 2.07 bits per heavy atom. The number of rotatable bonds is 6. The highest BCUT2D eigenvalue weighted by molar-refractivity contribution is 8.69. The van der Waals surface area contributed by atoms with Gasteiger partial charge in [0.05, 0.1) is 0 Å². The van der Waals surface area contributed by atoms with Crippen LogP contribution in [0.2, 0.25) is 0 Å². The summed E-state index contributed by atoms with van der Waals surface area (Å²) in [6, 6.07) is 0. The summed E-state index contributed by atoms with van der Waals surface area (Å²) in [5.41, 5.74) is 0.258. The Labute approximate surface area is 98.6 Å². The molecule has 0 aliphatic heterocycles. The average Bonchev–Trinajstić information content (AvgIpc) is 2.01. The van der Waals surface area contributed by atoms with E-state index in [1.807, 2.05) is 0 Å². The molecule has 0 saturated heterocycles. The molecule has 0 radical (unpaired) electrons. The first-order valence-corrected chi connectivity index (χ1v) is 7.21. The van der Waals surface area contributed by atoms with Crippen LogP contribution in [0.3, 0.4) is 0 Å². The van der Waals surface area contributed by atoms with Crippen molar-refractivity contribution in [1.82, 2.24) is 5.32 Å². The molecular weight excluding hydrogens is 210 g/mol. The van der Waals surface area contributed by atoms with Crippen LogP contribution in [0, 0.1) is 0 Å². The third-order valence-corrected chi connectivity index (χ3v) is 4.29. The first kappa shape index (κ1) is 14.7. The van der Waals surface area contributed by atoms with E-state index in [-0.39, 0.29) is 5.54 Å². The summed E-state index contributed by atoms with van der Waals surface area (Å²) in [6.45, 7) is 12.3. The van der Waals surface area contributed by atoms with Crippen molar-refractivity contribution >= 4 is 22.5 Å². The van der Waals surface area contributed by atoms with Crippen molar-refractivity contribution in [2.75, 3.05) is 6.54 Å². The lowest BCUT2D eigenvalue weighted by molar-refractivity contribution is 0.413. The van der Waals surface area contributed by atoms with E-state index in [1.54, 1.807) is 10.8 Å². The minimum absolute atomic E-state index is 0.258. The van der Waals surface area contributed by atoms with Gasteiger partial charge >= 0.3 is 0 Å². The zero-order valence-electron chi connectivity index (χ0n) is 10.2. The van der Waals surface area contributed by atoms with Gasteiger partial charge in [-0.1, -0.05) is 17.2 Å². The van der Waals surface area contributed by atoms with Crippen LogP contribution in [0.25, 0.3) is 0 Å². The SMILES string of the molecule is CC(C)(C)NCCCCC(C)(C)SS. The minimum Gasteiger partial charge on any atom is -0.312 e. The van der Waals surface area contributed by atoms with Gasteiger partial charge < -0.3 is 5.32 Å². The van der Waals surface area contributed by atoms with Crippen LogP contribution in [0.1, 0.15) is 53.9 Å². The Kier molecular flexibility index (Phi) is 6.58. The van der Waals surface area contributed by atoms with Crippen molar-refractivity contribution in [2.45, 2.75) is 64.2 Å². The predicted molar refractivity (Wildman–Crippen MR) is 72.3 cm³/mol. The molecule has 0 spiro atoms.